The van der Waals surface area contributed by atoms with Crippen LogP contribution in [0, 0.1) is 0 Å². The lowest BCUT2D eigenvalue weighted by Crippen LogP contribution is -2.19. The lowest BCUT2D eigenvalue weighted by Gasteiger charge is -2.17. The zero-order valence-corrected chi connectivity index (χ0v) is 11.9. The molecule has 3 heteroatoms. The van der Waals surface area contributed by atoms with Gasteiger partial charge < -0.3 is 9.84 Å². The fourth-order valence-corrected chi connectivity index (χ4v) is 1.88. The SMILES string of the molecule is C=CCC(CCC(O)C=CC)OC(=O)c1ccccc1. The minimum atomic E-state index is -0.497. The second-order valence-corrected chi connectivity index (χ2v) is 4.59. The molecule has 0 saturated heterocycles. The van der Waals surface area contributed by atoms with Gasteiger partial charge in [0.05, 0.1) is 11.7 Å². The molecule has 2 atom stereocenters. The van der Waals surface area contributed by atoms with E-state index in [-0.39, 0.29) is 12.1 Å². The molecule has 1 aromatic rings. The maximum Gasteiger partial charge on any atom is 0.338 e. The van der Waals surface area contributed by atoms with Gasteiger partial charge in [0.1, 0.15) is 6.10 Å². The molecule has 1 aromatic carbocycles. The molecule has 0 heterocycles. The molecule has 0 spiro atoms. The standard InChI is InChI=1S/C17H22O3/c1-3-8-15(18)12-13-16(9-4-2)20-17(19)14-10-6-5-7-11-14/h3-8,10-11,15-16,18H,2,9,12-13H2,1H3. The Hall–Kier alpha value is -1.87. The van der Waals surface area contributed by atoms with Crippen LogP contribution in [-0.2, 0) is 4.74 Å². The summed E-state index contributed by atoms with van der Waals surface area (Å²) in [6.45, 7) is 5.54. The molecule has 1 N–H and O–H groups in total. The number of ether oxygens (including phenoxy) is 1. The van der Waals surface area contributed by atoms with Crippen LogP contribution in [0.3, 0.4) is 0 Å². The van der Waals surface area contributed by atoms with Gasteiger partial charge in [0.25, 0.3) is 0 Å². The van der Waals surface area contributed by atoms with Crippen LogP contribution >= 0.6 is 0 Å². The summed E-state index contributed by atoms with van der Waals surface area (Å²) in [5.41, 5.74) is 0.538. The molecule has 108 valence electrons. The van der Waals surface area contributed by atoms with Gasteiger partial charge in [0, 0.05) is 6.42 Å². The Morgan fingerprint density at radius 3 is 2.65 bits per heavy atom. The average molecular weight is 274 g/mol. The van der Waals surface area contributed by atoms with Gasteiger partial charge in [-0.3, -0.25) is 0 Å². The van der Waals surface area contributed by atoms with E-state index in [2.05, 4.69) is 6.58 Å². The van der Waals surface area contributed by atoms with E-state index in [0.717, 1.165) is 0 Å². The highest BCUT2D eigenvalue weighted by Gasteiger charge is 2.15. The second kappa shape index (κ2) is 9.10. The number of aliphatic hydroxyl groups excluding tert-OH is 1. The summed E-state index contributed by atoms with van der Waals surface area (Å²) in [5, 5.41) is 9.66. The second-order valence-electron chi connectivity index (χ2n) is 4.59. The van der Waals surface area contributed by atoms with Crippen LogP contribution in [0.25, 0.3) is 0 Å². The Morgan fingerprint density at radius 1 is 1.35 bits per heavy atom. The normalized spacial score (nSPS) is 13.9. The van der Waals surface area contributed by atoms with Crippen LogP contribution in [-0.4, -0.2) is 23.3 Å². The number of hydrogen-bond donors (Lipinski definition) is 1. The summed E-state index contributed by atoms with van der Waals surface area (Å²) in [7, 11) is 0. The Labute approximate surface area is 120 Å². The Morgan fingerprint density at radius 2 is 2.05 bits per heavy atom. The summed E-state index contributed by atoms with van der Waals surface area (Å²) in [6.07, 6.45) is 6.27. The number of rotatable bonds is 8. The van der Waals surface area contributed by atoms with Gasteiger partial charge >= 0.3 is 5.97 Å². The summed E-state index contributed by atoms with van der Waals surface area (Å²) in [4.78, 5) is 12.0. The van der Waals surface area contributed by atoms with Crippen LogP contribution in [0.1, 0.15) is 36.5 Å². The molecule has 2 unspecified atom stereocenters. The van der Waals surface area contributed by atoms with E-state index < -0.39 is 6.10 Å². The predicted molar refractivity (Wildman–Crippen MR) is 80.5 cm³/mol. The van der Waals surface area contributed by atoms with Crippen molar-refractivity contribution >= 4 is 5.97 Å². The molecule has 0 bridgehead atoms. The summed E-state index contributed by atoms with van der Waals surface area (Å²) in [6, 6.07) is 8.90. The van der Waals surface area contributed by atoms with Crippen molar-refractivity contribution in [2.75, 3.05) is 0 Å². The minimum Gasteiger partial charge on any atom is -0.458 e. The van der Waals surface area contributed by atoms with Gasteiger partial charge in [-0.15, -0.1) is 6.58 Å². The number of hydrogen-bond acceptors (Lipinski definition) is 3. The molecule has 0 aliphatic carbocycles. The van der Waals surface area contributed by atoms with Crippen molar-refractivity contribution < 1.29 is 14.6 Å². The predicted octanol–water partition coefficient (Wildman–Crippen LogP) is 3.51. The van der Waals surface area contributed by atoms with Crippen molar-refractivity contribution in [1.29, 1.82) is 0 Å². The third-order valence-corrected chi connectivity index (χ3v) is 2.91. The van der Waals surface area contributed by atoms with Crippen molar-refractivity contribution in [3.63, 3.8) is 0 Å². The highest BCUT2D eigenvalue weighted by atomic mass is 16.5. The maximum atomic E-state index is 12.0. The van der Waals surface area contributed by atoms with Gasteiger partial charge in [-0.1, -0.05) is 36.4 Å². The lowest BCUT2D eigenvalue weighted by atomic mass is 10.1. The Bertz CT molecular complexity index is 437. The monoisotopic (exact) mass is 274 g/mol. The van der Waals surface area contributed by atoms with E-state index in [0.29, 0.717) is 24.8 Å². The van der Waals surface area contributed by atoms with Crippen LogP contribution in [0.15, 0.2) is 55.1 Å². The minimum absolute atomic E-state index is 0.250. The first kappa shape index (κ1) is 16.2. The van der Waals surface area contributed by atoms with E-state index in [9.17, 15) is 9.90 Å². The first-order chi connectivity index (χ1) is 9.67. The Balaban J connectivity index is 2.54. The molecule has 0 amide bonds. The smallest absolute Gasteiger partial charge is 0.338 e. The molecule has 1 rings (SSSR count). The summed E-state index contributed by atoms with van der Waals surface area (Å²) in [5.74, 6) is -0.335. The quantitative estimate of drug-likeness (QED) is 0.583. The third kappa shape index (κ3) is 5.85. The molecule has 0 aliphatic heterocycles. The molecule has 3 nitrogen and oxygen atoms in total. The van der Waals surface area contributed by atoms with E-state index >= 15 is 0 Å². The number of benzene rings is 1. The molecule has 0 saturated carbocycles. The van der Waals surface area contributed by atoms with Gasteiger partial charge in [0.2, 0.25) is 0 Å². The first-order valence-electron chi connectivity index (χ1n) is 6.85. The van der Waals surface area contributed by atoms with Gasteiger partial charge in [-0.25, -0.2) is 4.79 Å². The third-order valence-electron chi connectivity index (χ3n) is 2.91. The van der Waals surface area contributed by atoms with Crippen LogP contribution in [0.5, 0.6) is 0 Å². The number of esters is 1. The first-order valence-corrected chi connectivity index (χ1v) is 6.85. The van der Waals surface area contributed by atoms with Gasteiger partial charge in [-0.2, -0.15) is 0 Å². The fraction of sp³-hybridized carbons (Fsp3) is 0.353. The molecule has 0 aliphatic rings. The van der Waals surface area contributed by atoms with E-state index in [1.807, 2.05) is 19.1 Å². The highest BCUT2D eigenvalue weighted by molar-refractivity contribution is 5.89. The highest BCUT2D eigenvalue weighted by Crippen LogP contribution is 2.13. The zero-order valence-electron chi connectivity index (χ0n) is 11.9. The van der Waals surface area contributed by atoms with Gasteiger partial charge in [-0.05, 0) is 31.9 Å². The molecule has 20 heavy (non-hydrogen) atoms. The van der Waals surface area contributed by atoms with Crippen LogP contribution < -0.4 is 0 Å². The van der Waals surface area contributed by atoms with Crippen molar-refractivity contribution in [3.8, 4) is 0 Å². The zero-order chi connectivity index (χ0) is 14.8. The summed E-state index contributed by atoms with van der Waals surface area (Å²) < 4.78 is 5.46. The Kier molecular flexibility index (Phi) is 7.36. The largest absolute Gasteiger partial charge is 0.458 e. The fourth-order valence-electron chi connectivity index (χ4n) is 1.88. The van der Waals surface area contributed by atoms with Crippen molar-refractivity contribution in [3.05, 3.63) is 60.7 Å². The van der Waals surface area contributed by atoms with Crippen molar-refractivity contribution in [2.45, 2.75) is 38.4 Å². The molecule has 0 fully saturated rings. The molecular weight excluding hydrogens is 252 g/mol. The molecule has 0 radical (unpaired) electrons. The topological polar surface area (TPSA) is 46.5 Å². The van der Waals surface area contributed by atoms with Crippen LogP contribution in [0.2, 0.25) is 0 Å². The molecule has 0 aromatic heterocycles. The van der Waals surface area contributed by atoms with E-state index in [4.69, 9.17) is 4.74 Å². The van der Waals surface area contributed by atoms with E-state index in [1.54, 1.807) is 36.4 Å². The lowest BCUT2D eigenvalue weighted by molar-refractivity contribution is 0.0260. The van der Waals surface area contributed by atoms with Crippen LogP contribution in [0.4, 0.5) is 0 Å². The number of aliphatic hydroxyl groups is 1. The van der Waals surface area contributed by atoms with Gasteiger partial charge in [0.15, 0.2) is 0 Å². The number of carbonyl (C=O) groups excluding carboxylic acids is 1. The number of allylic oxidation sites excluding steroid dienone is 1. The average Bonchev–Trinajstić information content (AvgIpc) is 2.46. The van der Waals surface area contributed by atoms with Crippen molar-refractivity contribution in [2.24, 2.45) is 0 Å². The van der Waals surface area contributed by atoms with E-state index in [1.165, 1.54) is 0 Å². The number of carbonyl (C=O) groups is 1. The van der Waals surface area contributed by atoms with Crippen molar-refractivity contribution in [1.82, 2.24) is 0 Å². The summed E-state index contributed by atoms with van der Waals surface area (Å²) >= 11 is 0. The maximum absolute atomic E-state index is 12.0. The molecular formula is C17H22O3.